The molecule has 0 aromatic heterocycles. The van der Waals surface area contributed by atoms with Crippen molar-refractivity contribution >= 4 is 17.7 Å². The summed E-state index contributed by atoms with van der Waals surface area (Å²) in [6, 6.07) is 4.70. The van der Waals surface area contributed by atoms with Crippen molar-refractivity contribution in [3.05, 3.63) is 29.3 Å². The Morgan fingerprint density at radius 2 is 2.00 bits per heavy atom. The molecule has 146 valence electrons. The maximum Gasteiger partial charge on any atom is 0.325 e. The van der Waals surface area contributed by atoms with Crippen LogP contribution in [0.2, 0.25) is 0 Å². The molecular formula is C21H28N2O4. The molecule has 1 saturated heterocycles. The highest BCUT2D eigenvalue weighted by molar-refractivity contribution is 6.07. The summed E-state index contributed by atoms with van der Waals surface area (Å²) in [6.45, 7) is 7.99. The van der Waals surface area contributed by atoms with Crippen molar-refractivity contribution in [2.45, 2.75) is 59.0 Å². The van der Waals surface area contributed by atoms with Crippen LogP contribution in [-0.4, -0.2) is 35.3 Å². The van der Waals surface area contributed by atoms with Gasteiger partial charge in [-0.3, -0.25) is 14.5 Å². The molecule has 1 aliphatic carbocycles. The number of methoxy groups -OCH3 is 1. The van der Waals surface area contributed by atoms with E-state index in [2.05, 4.69) is 26.1 Å². The molecular weight excluding hydrogens is 344 g/mol. The summed E-state index contributed by atoms with van der Waals surface area (Å²) >= 11 is 0. The van der Waals surface area contributed by atoms with Gasteiger partial charge in [-0.05, 0) is 55.7 Å². The molecule has 1 N–H and O–H groups in total. The number of nitrogens with zero attached hydrogens (tertiary/aromatic N) is 1. The maximum absolute atomic E-state index is 13.3. The number of rotatable bonds is 4. The van der Waals surface area contributed by atoms with E-state index in [1.807, 2.05) is 0 Å². The van der Waals surface area contributed by atoms with Crippen LogP contribution in [-0.2, 0) is 11.3 Å². The number of benzene rings is 1. The molecule has 0 radical (unpaired) electrons. The summed E-state index contributed by atoms with van der Waals surface area (Å²) in [5.41, 5.74) is 0.334. The highest BCUT2D eigenvalue weighted by Gasteiger charge is 2.56. The second-order valence-electron chi connectivity index (χ2n) is 8.84. The Bertz CT molecular complexity index is 801. The van der Waals surface area contributed by atoms with Gasteiger partial charge in [-0.2, -0.15) is 0 Å². The van der Waals surface area contributed by atoms with Gasteiger partial charge in [0.25, 0.3) is 5.91 Å². The van der Waals surface area contributed by atoms with Crippen molar-refractivity contribution < 1.29 is 19.1 Å². The van der Waals surface area contributed by atoms with Crippen LogP contribution < -0.4 is 10.1 Å². The minimum atomic E-state index is -0.830. The third-order valence-electron chi connectivity index (χ3n) is 5.64. The largest absolute Gasteiger partial charge is 0.496 e. The number of hydrogen-bond donors (Lipinski definition) is 1. The average molecular weight is 372 g/mol. The van der Waals surface area contributed by atoms with E-state index in [1.165, 1.54) is 18.9 Å². The Balaban J connectivity index is 1.91. The van der Waals surface area contributed by atoms with E-state index in [9.17, 15) is 14.4 Å². The molecule has 1 heterocycles. The number of amides is 3. The number of carbonyl (C=O) groups is 3. The normalized spacial score (nSPS) is 27.0. The zero-order valence-electron chi connectivity index (χ0n) is 16.7. The van der Waals surface area contributed by atoms with Crippen LogP contribution in [0.3, 0.4) is 0 Å². The van der Waals surface area contributed by atoms with Crippen LogP contribution in [0.15, 0.2) is 18.2 Å². The van der Waals surface area contributed by atoms with Crippen molar-refractivity contribution in [2.24, 2.45) is 11.3 Å². The second kappa shape index (κ2) is 6.66. The molecule has 3 amide bonds. The van der Waals surface area contributed by atoms with Crippen LogP contribution >= 0.6 is 0 Å². The Kier molecular flexibility index (Phi) is 4.78. The van der Waals surface area contributed by atoms with E-state index < -0.39 is 5.54 Å². The molecule has 3 rings (SSSR count). The number of urea groups is 1. The Morgan fingerprint density at radius 3 is 2.59 bits per heavy atom. The smallest absolute Gasteiger partial charge is 0.325 e. The first-order valence-corrected chi connectivity index (χ1v) is 9.39. The van der Waals surface area contributed by atoms with Gasteiger partial charge >= 0.3 is 6.03 Å². The van der Waals surface area contributed by atoms with Gasteiger partial charge in [0.15, 0.2) is 5.78 Å². The lowest BCUT2D eigenvalue weighted by molar-refractivity contribution is -0.135. The third kappa shape index (κ3) is 3.57. The molecule has 0 bridgehead atoms. The minimum Gasteiger partial charge on any atom is -0.496 e. The Morgan fingerprint density at radius 1 is 1.30 bits per heavy atom. The van der Waals surface area contributed by atoms with Crippen LogP contribution in [0.1, 0.15) is 62.9 Å². The Labute approximate surface area is 160 Å². The maximum atomic E-state index is 13.3. The molecule has 6 nitrogen and oxygen atoms in total. The van der Waals surface area contributed by atoms with E-state index >= 15 is 0 Å². The third-order valence-corrected chi connectivity index (χ3v) is 5.64. The topological polar surface area (TPSA) is 75.7 Å². The first-order valence-electron chi connectivity index (χ1n) is 9.39. The number of carbonyl (C=O) groups excluding carboxylic acids is 3. The predicted molar refractivity (Wildman–Crippen MR) is 102 cm³/mol. The molecule has 0 unspecified atom stereocenters. The summed E-state index contributed by atoms with van der Waals surface area (Å²) in [5.74, 6) is 0.658. The SMILES string of the molecule is COc1ccc(C(C)=O)cc1CN1C(=O)N[C@@]2(C[C@H](C)CC(C)(C)C2)C1=O. The number of nitrogens with one attached hydrogen (secondary N) is 1. The number of hydrogen-bond acceptors (Lipinski definition) is 4. The molecule has 2 fully saturated rings. The molecule has 6 heteroatoms. The van der Waals surface area contributed by atoms with Crippen LogP contribution in [0.5, 0.6) is 5.75 Å². The molecule has 1 aliphatic heterocycles. The number of ether oxygens (including phenoxy) is 1. The van der Waals surface area contributed by atoms with Gasteiger partial charge in [0.2, 0.25) is 0 Å². The van der Waals surface area contributed by atoms with Crippen molar-refractivity contribution in [2.75, 3.05) is 7.11 Å². The summed E-state index contributed by atoms with van der Waals surface area (Å²) in [5, 5.41) is 2.98. The van der Waals surface area contributed by atoms with Gasteiger partial charge in [-0.1, -0.05) is 20.8 Å². The standard InChI is InChI=1S/C21H28N2O4/c1-13-9-20(3,4)12-21(10-13)18(25)23(19(26)22-21)11-16-8-15(14(2)24)6-7-17(16)27-5/h6-8,13H,9-12H2,1-5H3,(H,22,26)/t13-,21-/m1/s1. The molecule has 1 aromatic rings. The molecule has 27 heavy (non-hydrogen) atoms. The van der Waals surface area contributed by atoms with Gasteiger partial charge in [-0.15, -0.1) is 0 Å². The fourth-order valence-electron chi connectivity index (χ4n) is 4.94. The highest BCUT2D eigenvalue weighted by Crippen LogP contribution is 2.46. The molecule has 1 spiro atoms. The first-order chi connectivity index (χ1) is 12.6. The fraction of sp³-hybridized carbons (Fsp3) is 0.571. The highest BCUT2D eigenvalue weighted by atomic mass is 16.5. The Hall–Kier alpha value is -2.37. The number of ketones is 1. The summed E-state index contributed by atoms with van der Waals surface area (Å²) in [7, 11) is 1.53. The summed E-state index contributed by atoms with van der Waals surface area (Å²) in [4.78, 5) is 38.9. The predicted octanol–water partition coefficient (Wildman–Crippen LogP) is 3.53. The summed E-state index contributed by atoms with van der Waals surface area (Å²) < 4.78 is 5.37. The minimum absolute atomic E-state index is 0.0111. The molecule has 2 atom stereocenters. The average Bonchev–Trinajstić information content (AvgIpc) is 2.76. The van der Waals surface area contributed by atoms with Crippen molar-refractivity contribution in [3.63, 3.8) is 0 Å². The zero-order valence-corrected chi connectivity index (χ0v) is 16.7. The van der Waals surface area contributed by atoms with Crippen LogP contribution in [0.25, 0.3) is 0 Å². The van der Waals surface area contributed by atoms with Crippen molar-refractivity contribution in [1.29, 1.82) is 0 Å². The quantitative estimate of drug-likeness (QED) is 0.648. The molecule has 1 saturated carbocycles. The van der Waals surface area contributed by atoms with E-state index in [0.29, 0.717) is 35.6 Å². The van der Waals surface area contributed by atoms with Crippen molar-refractivity contribution in [1.82, 2.24) is 10.2 Å². The van der Waals surface area contributed by atoms with E-state index in [-0.39, 0.29) is 29.7 Å². The monoisotopic (exact) mass is 372 g/mol. The molecule has 2 aliphatic rings. The summed E-state index contributed by atoms with van der Waals surface area (Å²) in [6.07, 6.45) is 2.32. The van der Waals surface area contributed by atoms with E-state index in [1.54, 1.807) is 18.2 Å². The van der Waals surface area contributed by atoms with E-state index in [4.69, 9.17) is 4.74 Å². The van der Waals surface area contributed by atoms with Crippen LogP contribution in [0.4, 0.5) is 4.79 Å². The molecule has 1 aromatic carbocycles. The lowest BCUT2D eigenvalue weighted by Crippen LogP contribution is -2.54. The van der Waals surface area contributed by atoms with E-state index in [0.717, 1.165) is 6.42 Å². The van der Waals surface area contributed by atoms with Crippen molar-refractivity contribution in [3.8, 4) is 5.75 Å². The van der Waals surface area contributed by atoms with Gasteiger partial charge in [0.1, 0.15) is 11.3 Å². The lowest BCUT2D eigenvalue weighted by Gasteiger charge is -2.43. The van der Waals surface area contributed by atoms with Gasteiger partial charge in [-0.25, -0.2) is 4.79 Å². The second-order valence-corrected chi connectivity index (χ2v) is 8.84. The zero-order chi connectivity index (χ0) is 20.0. The lowest BCUT2D eigenvalue weighted by atomic mass is 9.64. The van der Waals surface area contributed by atoms with Crippen LogP contribution in [0, 0.1) is 11.3 Å². The fourth-order valence-corrected chi connectivity index (χ4v) is 4.94. The first kappa shape index (κ1) is 19.4. The number of Topliss-reactive ketones (excluding diaryl/α,β-unsaturated/α-hetero) is 1. The van der Waals surface area contributed by atoms with Gasteiger partial charge in [0.05, 0.1) is 13.7 Å². The van der Waals surface area contributed by atoms with Gasteiger partial charge < -0.3 is 10.1 Å². The number of imide groups is 1. The van der Waals surface area contributed by atoms with Gasteiger partial charge in [0, 0.05) is 11.1 Å².